The normalized spacial score (nSPS) is 14.9. The van der Waals surface area contributed by atoms with Gasteiger partial charge >= 0.3 is 0 Å². The van der Waals surface area contributed by atoms with Crippen molar-refractivity contribution in [1.82, 2.24) is 9.21 Å². The molecule has 0 bridgehead atoms. The van der Waals surface area contributed by atoms with Gasteiger partial charge in [0, 0.05) is 38.1 Å². The third kappa shape index (κ3) is 6.49. The highest BCUT2D eigenvalue weighted by atomic mass is 32.2. The first-order valence-electron chi connectivity index (χ1n) is 11.6. The minimum Gasteiger partial charge on any atom is -0.495 e. The molecule has 3 rings (SSSR count). The number of hydrogen-bond donors (Lipinski definition) is 2. The van der Waals surface area contributed by atoms with Gasteiger partial charge < -0.3 is 15.4 Å². The lowest BCUT2D eigenvalue weighted by Crippen LogP contribution is -2.33. The molecule has 34 heavy (non-hydrogen) atoms. The average Bonchev–Trinajstić information content (AvgIpc) is 2.84. The van der Waals surface area contributed by atoms with Gasteiger partial charge in [-0.1, -0.05) is 37.5 Å². The number of benzene rings is 2. The van der Waals surface area contributed by atoms with Crippen molar-refractivity contribution in [2.45, 2.75) is 49.6 Å². The number of carbonyl (C=O) groups is 1. The molecule has 9 heteroatoms. The molecule has 1 fully saturated rings. The fourth-order valence-corrected chi connectivity index (χ4v) is 5.36. The van der Waals surface area contributed by atoms with E-state index in [1.165, 1.54) is 65.4 Å². The van der Waals surface area contributed by atoms with Crippen molar-refractivity contribution in [2.75, 3.05) is 45.4 Å². The maximum absolute atomic E-state index is 12.6. The van der Waals surface area contributed by atoms with Crippen LogP contribution in [0.1, 0.15) is 37.7 Å². The van der Waals surface area contributed by atoms with Crippen molar-refractivity contribution in [2.24, 2.45) is 0 Å². The summed E-state index contributed by atoms with van der Waals surface area (Å²) in [5.74, 6) is -0.0466. The van der Waals surface area contributed by atoms with E-state index in [1.807, 2.05) is 18.2 Å². The third-order valence-corrected chi connectivity index (χ3v) is 8.12. The maximum atomic E-state index is 12.6. The Morgan fingerprint density at radius 2 is 1.76 bits per heavy atom. The van der Waals surface area contributed by atoms with Crippen LogP contribution in [0.15, 0.2) is 47.4 Å². The smallest absolute Gasteiger partial charge is 0.246 e. The Bertz CT molecular complexity index is 1080. The number of rotatable bonds is 10. The highest BCUT2D eigenvalue weighted by Crippen LogP contribution is 2.29. The zero-order valence-electron chi connectivity index (χ0n) is 20.5. The summed E-state index contributed by atoms with van der Waals surface area (Å²) in [6, 6.07) is 13.2. The Labute approximate surface area is 203 Å². The van der Waals surface area contributed by atoms with Gasteiger partial charge in [0.05, 0.1) is 13.7 Å². The molecule has 1 aliphatic rings. The monoisotopic (exact) mass is 488 g/mol. The molecule has 8 nitrogen and oxygen atoms in total. The third-order valence-electron chi connectivity index (χ3n) is 6.28. The first-order valence-corrected chi connectivity index (χ1v) is 13.1. The second kappa shape index (κ2) is 11.7. The minimum absolute atomic E-state index is 0.00172. The summed E-state index contributed by atoms with van der Waals surface area (Å²) in [7, 11) is 2.76. The number of anilines is 2. The Balaban J connectivity index is 1.65. The minimum atomic E-state index is -3.72. The number of carbonyl (C=O) groups excluding carboxylic acids is 1. The van der Waals surface area contributed by atoms with E-state index in [1.54, 1.807) is 6.07 Å². The van der Waals surface area contributed by atoms with Gasteiger partial charge in [-0.25, -0.2) is 12.7 Å². The van der Waals surface area contributed by atoms with E-state index in [-0.39, 0.29) is 23.1 Å². The number of para-hydroxylation sites is 1. The molecule has 1 amide bonds. The number of methoxy groups -OCH3 is 1. The van der Waals surface area contributed by atoms with Gasteiger partial charge in [0.15, 0.2) is 0 Å². The zero-order chi connectivity index (χ0) is 24.7. The van der Waals surface area contributed by atoms with Gasteiger partial charge in [0.25, 0.3) is 0 Å². The Morgan fingerprint density at radius 1 is 1.06 bits per heavy atom. The molecule has 0 spiro atoms. The summed E-state index contributed by atoms with van der Waals surface area (Å²) < 4.78 is 31.5. The van der Waals surface area contributed by atoms with E-state index in [0.717, 1.165) is 22.1 Å². The molecule has 0 saturated heterocycles. The standard InChI is InChI=1S/C25H36N4O4S/c1-28(2)34(31,32)24-16-20(14-15-23(24)33-4)27-25(30)17-26-22-13-9-8-10-19(22)18-29(3)21-11-6-5-7-12-21/h8-10,13-16,21,26H,5-7,11-12,17-18H2,1-4H3,(H,27,30). The van der Waals surface area contributed by atoms with Crippen LogP contribution in [0.4, 0.5) is 11.4 Å². The molecular formula is C25H36N4O4S. The molecule has 2 aromatic carbocycles. The molecule has 0 aromatic heterocycles. The van der Waals surface area contributed by atoms with Gasteiger partial charge in [-0.3, -0.25) is 9.69 Å². The molecule has 186 valence electrons. The van der Waals surface area contributed by atoms with Crippen LogP contribution in [0.5, 0.6) is 5.75 Å². The summed E-state index contributed by atoms with van der Waals surface area (Å²) in [5, 5.41) is 6.01. The van der Waals surface area contributed by atoms with Crippen LogP contribution in [0.3, 0.4) is 0 Å². The first kappa shape index (κ1) is 26.0. The molecule has 0 radical (unpaired) electrons. The van der Waals surface area contributed by atoms with E-state index < -0.39 is 10.0 Å². The second-order valence-electron chi connectivity index (χ2n) is 8.92. The Hall–Kier alpha value is -2.62. The molecule has 0 atom stereocenters. The van der Waals surface area contributed by atoms with Crippen molar-refractivity contribution in [1.29, 1.82) is 0 Å². The molecule has 1 aliphatic carbocycles. The quantitative estimate of drug-likeness (QED) is 0.529. The van der Waals surface area contributed by atoms with E-state index in [2.05, 4.69) is 28.6 Å². The van der Waals surface area contributed by atoms with Crippen LogP contribution < -0.4 is 15.4 Å². The average molecular weight is 489 g/mol. The van der Waals surface area contributed by atoms with Crippen molar-refractivity contribution in [3.63, 3.8) is 0 Å². The van der Waals surface area contributed by atoms with Gasteiger partial charge in [0.2, 0.25) is 15.9 Å². The fourth-order valence-electron chi connectivity index (χ4n) is 4.28. The Morgan fingerprint density at radius 3 is 2.44 bits per heavy atom. The van der Waals surface area contributed by atoms with Crippen LogP contribution in [-0.4, -0.2) is 64.4 Å². The molecule has 1 saturated carbocycles. The van der Waals surface area contributed by atoms with E-state index in [4.69, 9.17) is 4.74 Å². The highest BCUT2D eigenvalue weighted by Gasteiger charge is 2.23. The lowest BCUT2D eigenvalue weighted by molar-refractivity contribution is -0.114. The molecule has 0 heterocycles. The van der Waals surface area contributed by atoms with Crippen molar-refractivity contribution in [3.05, 3.63) is 48.0 Å². The van der Waals surface area contributed by atoms with Crippen LogP contribution in [0, 0.1) is 0 Å². The van der Waals surface area contributed by atoms with Crippen molar-refractivity contribution < 1.29 is 17.9 Å². The Kier molecular flexibility index (Phi) is 8.93. The van der Waals surface area contributed by atoms with Crippen molar-refractivity contribution >= 4 is 27.3 Å². The van der Waals surface area contributed by atoms with Gasteiger partial charge in [-0.15, -0.1) is 0 Å². The van der Waals surface area contributed by atoms with Crippen LogP contribution in [-0.2, 0) is 21.4 Å². The predicted octanol–water partition coefficient (Wildman–Crippen LogP) is 3.76. The molecule has 2 N–H and O–H groups in total. The topological polar surface area (TPSA) is 91.0 Å². The van der Waals surface area contributed by atoms with Crippen LogP contribution >= 0.6 is 0 Å². The molecule has 0 unspecified atom stereocenters. The summed E-state index contributed by atoms with van der Waals surface area (Å²) in [5.41, 5.74) is 2.46. The fraction of sp³-hybridized carbons (Fsp3) is 0.480. The van der Waals surface area contributed by atoms with Crippen LogP contribution in [0.25, 0.3) is 0 Å². The number of ether oxygens (including phenoxy) is 1. The first-order chi connectivity index (χ1) is 16.2. The van der Waals surface area contributed by atoms with E-state index >= 15 is 0 Å². The second-order valence-corrected chi connectivity index (χ2v) is 11.0. The van der Waals surface area contributed by atoms with Gasteiger partial charge in [0.1, 0.15) is 10.6 Å². The van der Waals surface area contributed by atoms with Gasteiger partial charge in [-0.05, 0) is 49.7 Å². The van der Waals surface area contributed by atoms with E-state index in [9.17, 15) is 13.2 Å². The van der Waals surface area contributed by atoms with Gasteiger partial charge in [-0.2, -0.15) is 0 Å². The number of amides is 1. The number of hydrogen-bond acceptors (Lipinski definition) is 6. The van der Waals surface area contributed by atoms with E-state index in [0.29, 0.717) is 11.7 Å². The largest absolute Gasteiger partial charge is 0.495 e. The number of nitrogens with one attached hydrogen (secondary N) is 2. The summed E-state index contributed by atoms with van der Waals surface area (Å²) in [6.45, 7) is 0.881. The molecular weight excluding hydrogens is 452 g/mol. The molecule has 0 aliphatic heterocycles. The highest BCUT2D eigenvalue weighted by molar-refractivity contribution is 7.89. The number of sulfonamides is 1. The molecule has 2 aromatic rings. The SMILES string of the molecule is COc1ccc(NC(=O)CNc2ccccc2CN(C)C2CCCCC2)cc1S(=O)(=O)N(C)C. The summed E-state index contributed by atoms with van der Waals surface area (Å²) in [4.78, 5) is 15.0. The predicted molar refractivity (Wildman–Crippen MR) is 136 cm³/mol. The van der Waals surface area contributed by atoms with Crippen molar-refractivity contribution in [3.8, 4) is 5.75 Å². The lowest BCUT2D eigenvalue weighted by atomic mass is 9.94. The summed E-state index contributed by atoms with van der Waals surface area (Å²) in [6.07, 6.45) is 6.38. The maximum Gasteiger partial charge on any atom is 0.246 e. The summed E-state index contributed by atoms with van der Waals surface area (Å²) >= 11 is 0. The zero-order valence-corrected chi connectivity index (χ0v) is 21.3. The lowest BCUT2D eigenvalue weighted by Gasteiger charge is -2.31. The van der Waals surface area contributed by atoms with Crippen LogP contribution in [0.2, 0.25) is 0 Å². The number of nitrogens with zero attached hydrogens (tertiary/aromatic N) is 2.